The zero-order chi connectivity index (χ0) is 23.4. The minimum absolute atomic E-state index is 0.00395. The number of aromatic nitrogens is 2. The molecule has 1 amide bonds. The summed E-state index contributed by atoms with van der Waals surface area (Å²) in [6.45, 7) is 0. The summed E-state index contributed by atoms with van der Waals surface area (Å²) >= 11 is 0. The summed E-state index contributed by atoms with van der Waals surface area (Å²) < 4.78 is 40.1. The normalized spacial score (nSPS) is 24.3. The first-order valence-electron chi connectivity index (χ1n) is 10.8. The van der Waals surface area contributed by atoms with Crippen LogP contribution in [0.15, 0.2) is 48.8 Å². The zero-order valence-corrected chi connectivity index (χ0v) is 17.6. The SMILES string of the molecule is O=C(NC1CC2(C1)CC(C(=O)O)C2)c1cnn2cccc(Cc3ccc(C(F)(F)F)cc3)c12. The highest BCUT2D eigenvalue weighted by Crippen LogP contribution is 2.58. The number of rotatable bonds is 5. The van der Waals surface area contributed by atoms with Crippen LogP contribution >= 0.6 is 0 Å². The van der Waals surface area contributed by atoms with Crippen LogP contribution in [-0.4, -0.2) is 32.6 Å². The molecule has 0 radical (unpaired) electrons. The van der Waals surface area contributed by atoms with E-state index in [-0.39, 0.29) is 23.3 Å². The minimum Gasteiger partial charge on any atom is -0.481 e. The van der Waals surface area contributed by atoms with E-state index in [4.69, 9.17) is 5.11 Å². The number of aliphatic carboxylic acids is 1. The molecule has 0 unspecified atom stereocenters. The summed E-state index contributed by atoms with van der Waals surface area (Å²) in [5.74, 6) is -1.27. The molecule has 2 fully saturated rings. The van der Waals surface area contributed by atoms with Crippen LogP contribution in [0, 0.1) is 11.3 Å². The van der Waals surface area contributed by atoms with Crippen molar-refractivity contribution in [3.63, 3.8) is 0 Å². The molecule has 172 valence electrons. The van der Waals surface area contributed by atoms with Crippen LogP contribution in [0.4, 0.5) is 13.2 Å². The molecular formula is C24H22F3N3O3. The van der Waals surface area contributed by atoms with Crippen LogP contribution in [0.5, 0.6) is 0 Å². The van der Waals surface area contributed by atoms with Gasteiger partial charge in [-0.25, -0.2) is 4.52 Å². The molecule has 5 rings (SSSR count). The standard InChI is InChI=1S/C24H22F3N3O3/c25-24(26,27)17-5-3-14(4-6-17)8-15-2-1-7-30-20(15)19(13-28-30)21(31)29-18-11-23(12-18)9-16(10-23)22(32)33/h1-7,13,16,18H,8-12H2,(H,29,31)(H,32,33). The van der Waals surface area contributed by atoms with Gasteiger partial charge in [0.25, 0.3) is 5.91 Å². The predicted octanol–water partition coefficient (Wildman–Crippen LogP) is 4.32. The number of hydrogen-bond donors (Lipinski definition) is 2. The number of fused-ring (bicyclic) bond motifs is 1. The molecular weight excluding hydrogens is 435 g/mol. The van der Waals surface area contributed by atoms with Gasteiger partial charge in [0.1, 0.15) is 0 Å². The molecule has 9 heteroatoms. The second-order valence-corrected chi connectivity index (χ2v) is 9.28. The first-order chi connectivity index (χ1) is 15.6. The second kappa shape index (κ2) is 7.60. The van der Waals surface area contributed by atoms with E-state index < -0.39 is 17.7 Å². The molecule has 3 aromatic rings. The number of amides is 1. The van der Waals surface area contributed by atoms with Crippen molar-refractivity contribution in [1.29, 1.82) is 0 Å². The Labute approximate surface area is 187 Å². The van der Waals surface area contributed by atoms with Gasteiger partial charge in [-0.1, -0.05) is 18.2 Å². The first-order valence-corrected chi connectivity index (χ1v) is 10.8. The fourth-order valence-electron chi connectivity index (χ4n) is 5.30. The molecule has 2 aliphatic carbocycles. The molecule has 2 heterocycles. The number of carbonyl (C=O) groups is 2. The van der Waals surface area contributed by atoms with E-state index in [9.17, 15) is 22.8 Å². The Morgan fingerprint density at radius 3 is 2.45 bits per heavy atom. The van der Waals surface area contributed by atoms with Crippen molar-refractivity contribution in [1.82, 2.24) is 14.9 Å². The third kappa shape index (κ3) is 3.96. The highest BCUT2D eigenvalue weighted by molar-refractivity contribution is 6.01. The number of nitrogens with one attached hydrogen (secondary N) is 1. The van der Waals surface area contributed by atoms with E-state index in [0.29, 0.717) is 35.9 Å². The van der Waals surface area contributed by atoms with Gasteiger partial charge in [0, 0.05) is 12.2 Å². The summed E-state index contributed by atoms with van der Waals surface area (Å²) in [4.78, 5) is 24.0. The van der Waals surface area contributed by atoms with E-state index in [1.54, 1.807) is 16.8 Å². The molecule has 0 saturated heterocycles. The van der Waals surface area contributed by atoms with Crippen LogP contribution in [0.1, 0.15) is 52.7 Å². The largest absolute Gasteiger partial charge is 0.481 e. The van der Waals surface area contributed by atoms with Crippen molar-refractivity contribution in [2.24, 2.45) is 11.3 Å². The van der Waals surface area contributed by atoms with E-state index in [1.165, 1.54) is 18.3 Å². The van der Waals surface area contributed by atoms with Crippen LogP contribution in [0.25, 0.3) is 5.52 Å². The van der Waals surface area contributed by atoms with Gasteiger partial charge >= 0.3 is 12.1 Å². The average molecular weight is 457 g/mol. The fraction of sp³-hybridized carbons (Fsp3) is 0.375. The van der Waals surface area contributed by atoms with Crippen molar-refractivity contribution in [2.45, 2.75) is 44.3 Å². The second-order valence-electron chi connectivity index (χ2n) is 9.28. The van der Waals surface area contributed by atoms with Crippen LogP contribution in [-0.2, 0) is 17.4 Å². The smallest absolute Gasteiger partial charge is 0.416 e. The summed E-state index contributed by atoms with van der Waals surface area (Å²) in [5, 5.41) is 16.4. The maximum atomic E-state index is 13.0. The fourth-order valence-corrected chi connectivity index (χ4v) is 5.30. The van der Waals surface area contributed by atoms with Crippen molar-refractivity contribution in [3.05, 3.63) is 71.0 Å². The van der Waals surface area contributed by atoms with Crippen LogP contribution in [0.3, 0.4) is 0 Å². The highest BCUT2D eigenvalue weighted by Gasteiger charge is 2.55. The lowest BCUT2D eigenvalue weighted by Gasteiger charge is -2.56. The molecule has 0 bridgehead atoms. The van der Waals surface area contributed by atoms with Gasteiger partial charge < -0.3 is 10.4 Å². The number of carboxylic acids is 1. The minimum atomic E-state index is -4.39. The molecule has 0 atom stereocenters. The average Bonchev–Trinajstić information content (AvgIpc) is 3.13. The molecule has 0 aliphatic heterocycles. The number of carbonyl (C=O) groups excluding carboxylic acids is 1. The highest BCUT2D eigenvalue weighted by atomic mass is 19.4. The Hall–Kier alpha value is -3.36. The van der Waals surface area contributed by atoms with Crippen molar-refractivity contribution >= 4 is 17.4 Å². The maximum absolute atomic E-state index is 13.0. The van der Waals surface area contributed by atoms with Crippen LogP contribution in [0.2, 0.25) is 0 Å². The molecule has 2 N–H and O–H groups in total. The molecule has 2 aliphatic rings. The number of alkyl halides is 3. The number of pyridine rings is 1. The van der Waals surface area contributed by atoms with Crippen molar-refractivity contribution in [2.75, 3.05) is 0 Å². The van der Waals surface area contributed by atoms with Crippen molar-refractivity contribution in [3.8, 4) is 0 Å². The third-order valence-electron chi connectivity index (χ3n) is 6.95. The topological polar surface area (TPSA) is 83.7 Å². The van der Waals surface area contributed by atoms with E-state index in [0.717, 1.165) is 30.5 Å². The summed E-state index contributed by atoms with van der Waals surface area (Å²) in [6.07, 6.45) is 2.09. The van der Waals surface area contributed by atoms with Gasteiger partial charge in [0.05, 0.1) is 28.8 Å². The Kier molecular flexibility index (Phi) is 4.95. The monoisotopic (exact) mass is 457 g/mol. The number of hydrogen-bond acceptors (Lipinski definition) is 3. The van der Waals surface area contributed by atoms with Gasteiger partial charge in [-0.15, -0.1) is 0 Å². The Morgan fingerprint density at radius 1 is 1.12 bits per heavy atom. The van der Waals surface area contributed by atoms with E-state index in [2.05, 4.69) is 10.4 Å². The lowest BCUT2D eigenvalue weighted by Crippen LogP contribution is -2.57. The zero-order valence-electron chi connectivity index (χ0n) is 17.6. The summed E-state index contributed by atoms with van der Waals surface area (Å²) in [7, 11) is 0. The summed E-state index contributed by atoms with van der Waals surface area (Å²) in [6, 6.07) is 8.63. The Bertz CT molecular complexity index is 1220. The van der Waals surface area contributed by atoms with Gasteiger partial charge in [-0.05, 0) is 66.8 Å². The maximum Gasteiger partial charge on any atom is 0.416 e. The molecule has 6 nitrogen and oxygen atoms in total. The Morgan fingerprint density at radius 2 is 1.82 bits per heavy atom. The number of carboxylic acid groups (broad SMARTS) is 1. The van der Waals surface area contributed by atoms with E-state index >= 15 is 0 Å². The lowest BCUT2D eigenvalue weighted by atomic mass is 9.50. The number of benzene rings is 1. The quantitative estimate of drug-likeness (QED) is 0.598. The first kappa shape index (κ1) is 21.5. The predicted molar refractivity (Wildman–Crippen MR) is 113 cm³/mol. The van der Waals surface area contributed by atoms with Gasteiger partial charge in [0.15, 0.2) is 0 Å². The summed E-state index contributed by atoms with van der Waals surface area (Å²) in [5.41, 5.74) is 1.87. The molecule has 1 aromatic carbocycles. The van der Waals surface area contributed by atoms with Crippen molar-refractivity contribution < 1.29 is 27.9 Å². The molecule has 1 spiro atoms. The number of nitrogens with zero attached hydrogens (tertiary/aromatic N) is 2. The van der Waals surface area contributed by atoms with Gasteiger partial charge in [-0.2, -0.15) is 18.3 Å². The van der Waals surface area contributed by atoms with Gasteiger partial charge in [0.2, 0.25) is 0 Å². The van der Waals surface area contributed by atoms with E-state index in [1.807, 2.05) is 6.07 Å². The Balaban J connectivity index is 1.30. The molecule has 2 saturated carbocycles. The molecule has 33 heavy (non-hydrogen) atoms. The molecule has 2 aromatic heterocycles. The number of halogens is 3. The lowest BCUT2D eigenvalue weighted by molar-refractivity contribution is -0.155. The van der Waals surface area contributed by atoms with Crippen LogP contribution < -0.4 is 5.32 Å². The third-order valence-corrected chi connectivity index (χ3v) is 6.95. The van der Waals surface area contributed by atoms with Gasteiger partial charge in [-0.3, -0.25) is 9.59 Å².